The highest BCUT2D eigenvalue weighted by molar-refractivity contribution is 6.26. The number of hydrogen-bond acceptors (Lipinski definition) is 4. The fraction of sp³-hybridized carbons (Fsp3) is 0.200. The molecule has 1 heterocycles. The lowest BCUT2D eigenvalue weighted by Gasteiger charge is -2.10. The standard InChI is InChI=1S/C15H14N2O3/c1-2-7-20-12-8-11-13(15(19)17(16)14(11)18)10-6-4-3-5-9(10)12/h3-6,8H,2,7,16H2,1H3. The van der Waals surface area contributed by atoms with Crippen LogP contribution in [-0.2, 0) is 0 Å². The molecule has 0 spiro atoms. The van der Waals surface area contributed by atoms with Crippen molar-refractivity contribution in [2.45, 2.75) is 13.3 Å². The van der Waals surface area contributed by atoms with Crippen molar-refractivity contribution >= 4 is 22.6 Å². The van der Waals surface area contributed by atoms with E-state index in [0.717, 1.165) is 11.8 Å². The van der Waals surface area contributed by atoms with Gasteiger partial charge in [0.1, 0.15) is 5.75 Å². The third-order valence-corrected chi connectivity index (χ3v) is 3.35. The lowest BCUT2D eigenvalue weighted by molar-refractivity contribution is 0.0654. The molecule has 0 bridgehead atoms. The van der Waals surface area contributed by atoms with Crippen molar-refractivity contribution in [3.05, 3.63) is 41.5 Å². The Morgan fingerprint density at radius 2 is 1.85 bits per heavy atom. The third kappa shape index (κ3) is 1.67. The van der Waals surface area contributed by atoms with Crippen molar-refractivity contribution < 1.29 is 14.3 Å². The average molecular weight is 270 g/mol. The molecular weight excluding hydrogens is 256 g/mol. The zero-order valence-corrected chi connectivity index (χ0v) is 11.1. The van der Waals surface area contributed by atoms with E-state index in [0.29, 0.717) is 33.9 Å². The highest BCUT2D eigenvalue weighted by Crippen LogP contribution is 2.35. The van der Waals surface area contributed by atoms with Gasteiger partial charge in [-0.05, 0) is 17.9 Å². The van der Waals surface area contributed by atoms with Crippen molar-refractivity contribution in [1.29, 1.82) is 0 Å². The van der Waals surface area contributed by atoms with Gasteiger partial charge in [-0.1, -0.05) is 31.2 Å². The van der Waals surface area contributed by atoms with E-state index in [2.05, 4.69) is 0 Å². The number of nitrogens with zero attached hydrogens (tertiary/aromatic N) is 1. The van der Waals surface area contributed by atoms with E-state index >= 15 is 0 Å². The van der Waals surface area contributed by atoms with Gasteiger partial charge < -0.3 is 4.74 Å². The summed E-state index contributed by atoms with van der Waals surface area (Å²) >= 11 is 0. The van der Waals surface area contributed by atoms with Crippen LogP contribution < -0.4 is 10.6 Å². The van der Waals surface area contributed by atoms with Crippen molar-refractivity contribution in [1.82, 2.24) is 5.01 Å². The first kappa shape index (κ1) is 12.6. The summed E-state index contributed by atoms with van der Waals surface area (Å²) in [5.74, 6) is 5.16. The second-order valence-corrected chi connectivity index (χ2v) is 4.67. The molecule has 2 amide bonds. The van der Waals surface area contributed by atoms with Crippen LogP contribution in [0.15, 0.2) is 30.3 Å². The number of carbonyl (C=O) groups is 2. The van der Waals surface area contributed by atoms with Gasteiger partial charge in [-0.15, -0.1) is 0 Å². The number of hydrazine groups is 1. The molecule has 2 aromatic rings. The summed E-state index contributed by atoms with van der Waals surface area (Å²) in [4.78, 5) is 24.1. The molecule has 0 saturated carbocycles. The Morgan fingerprint density at radius 1 is 1.15 bits per heavy atom. The van der Waals surface area contributed by atoms with Crippen LogP contribution in [0.25, 0.3) is 10.8 Å². The Labute approximate surface area is 115 Å². The smallest absolute Gasteiger partial charge is 0.276 e. The van der Waals surface area contributed by atoms with E-state index < -0.39 is 11.8 Å². The molecule has 2 N–H and O–H groups in total. The van der Waals surface area contributed by atoms with E-state index in [9.17, 15) is 9.59 Å². The molecule has 0 saturated heterocycles. The minimum absolute atomic E-state index is 0.308. The molecule has 3 rings (SSSR count). The van der Waals surface area contributed by atoms with Crippen molar-refractivity contribution in [2.75, 3.05) is 6.61 Å². The Balaban J connectivity index is 2.30. The van der Waals surface area contributed by atoms with Gasteiger partial charge in [0.05, 0.1) is 17.7 Å². The lowest BCUT2D eigenvalue weighted by atomic mass is 9.99. The Bertz CT molecular complexity index is 724. The van der Waals surface area contributed by atoms with Crippen LogP contribution in [0, 0.1) is 0 Å². The highest BCUT2D eigenvalue weighted by atomic mass is 16.5. The zero-order valence-electron chi connectivity index (χ0n) is 11.1. The summed E-state index contributed by atoms with van der Waals surface area (Å²) in [6.07, 6.45) is 0.862. The van der Waals surface area contributed by atoms with Crippen LogP contribution in [0.5, 0.6) is 5.75 Å². The Kier molecular flexibility index (Phi) is 2.91. The zero-order chi connectivity index (χ0) is 14.3. The van der Waals surface area contributed by atoms with Crippen LogP contribution in [-0.4, -0.2) is 23.4 Å². The van der Waals surface area contributed by atoms with Crippen molar-refractivity contribution in [3.8, 4) is 5.75 Å². The summed E-state index contributed by atoms with van der Waals surface area (Å²) in [7, 11) is 0. The quantitative estimate of drug-likeness (QED) is 0.526. The van der Waals surface area contributed by atoms with Crippen LogP contribution in [0.2, 0.25) is 0 Å². The normalized spacial score (nSPS) is 14.0. The number of ether oxygens (including phenoxy) is 1. The summed E-state index contributed by atoms with van der Waals surface area (Å²) in [6.45, 7) is 2.56. The third-order valence-electron chi connectivity index (χ3n) is 3.35. The second kappa shape index (κ2) is 4.61. The number of hydrogen-bond donors (Lipinski definition) is 1. The number of fused-ring (bicyclic) bond motifs is 3. The number of imide groups is 1. The van der Waals surface area contributed by atoms with Gasteiger partial charge in [-0.2, -0.15) is 0 Å². The van der Waals surface area contributed by atoms with Gasteiger partial charge in [0.15, 0.2) is 0 Å². The predicted octanol–water partition coefficient (Wildman–Crippen LogP) is 2.10. The van der Waals surface area contributed by atoms with Gasteiger partial charge in [-0.25, -0.2) is 10.9 Å². The second-order valence-electron chi connectivity index (χ2n) is 4.67. The Hall–Kier alpha value is -2.40. The molecule has 2 aromatic carbocycles. The first-order valence-corrected chi connectivity index (χ1v) is 6.47. The maximum atomic E-state index is 12.1. The topological polar surface area (TPSA) is 72.6 Å². The largest absolute Gasteiger partial charge is 0.493 e. The number of nitrogens with two attached hydrogens (primary N) is 1. The fourth-order valence-electron chi connectivity index (χ4n) is 2.42. The van der Waals surface area contributed by atoms with E-state index in [1.54, 1.807) is 12.1 Å². The predicted molar refractivity (Wildman–Crippen MR) is 74.4 cm³/mol. The molecule has 5 heteroatoms. The van der Waals surface area contributed by atoms with Crippen molar-refractivity contribution in [3.63, 3.8) is 0 Å². The Morgan fingerprint density at radius 3 is 2.55 bits per heavy atom. The molecule has 0 atom stereocenters. The lowest BCUT2D eigenvalue weighted by Crippen LogP contribution is -2.36. The minimum atomic E-state index is -0.489. The monoisotopic (exact) mass is 270 g/mol. The molecule has 0 unspecified atom stereocenters. The van der Waals surface area contributed by atoms with Crippen LogP contribution in [0.4, 0.5) is 0 Å². The van der Waals surface area contributed by atoms with Gasteiger partial charge in [-0.3, -0.25) is 9.59 Å². The van der Waals surface area contributed by atoms with Gasteiger partial charge in [0.25, 0.3) is 11.8 Å². The van der Waals surface area contributed by atoms with Gasteiger partial charge in [0.2, 0.25) is 0 Å². The molecule has 0 aromatic heterocycles. The number of rotatable bonds is 3. The maximum Gasteiger partial charge on any atom is 0.276 e. The van der Waals surface area contributed by atoms with E-state index in [4.69, 9.17) is 10.6 Å². The molecule has 0 radical (unpaired) electrons. The van der Waals surface area contributed by atoms with E-state index in [1.807, 2.05) is 25.1 Å². The minimum Gasteiger partial charge on any atom is -0.493 e. The van der Waals surface area contributed by atoms with E-state index in [1.165, 1.54) is 0 Å². The SMILES string of the molecule is CCCOc1cc2c(c3ccccc13)C(=O)N(N)C2=O. The first-order valence-electron chi connectivity index (χ1n) is 6.47. The summed E-state index contributed by atoms with van der Waals surface area (Å²) < 4.78 is 5.69. The molecule has 102 valence electrons. The molecule has 1 aliphatic heterocycles. The first-order chi connectivity index (χ1) is 9.65. The molecular formula is C15H14N2O3. The number of amides is 2. The molecule has 1 aliphatic rings. The van der Waals surface area contributed by atoms with E-state index in [-0.39, 0.29) is 0 Å². The van der Waals surface area contributed by atoms with Crippen LogP contribution in [0.3, 0.4) is 0 Å². The molecule has 0 fully saturated rings. The molecule has 0 aliphatic carbocycles. The summed E-state index contributed by atoms with van der Waals surface area (Å²) in [5.41, 5.74) is 0.666. The maximum absolute atomic E-state index is 12.1. The average Bonchev–Trinajstić information content (AvgIpc) is 2.69. The summed E-state index contributed by atoms with van der Waals surface area (Å²) in [6, 6.07) is 8.98. The summed E-state index contributed by atoms with van der Waals surface area (Å²) in [5, 5.41) is 2.17. The van der Waals surface area contributed by atoms with Crippen molar-refractivity contribution in [2.24, 2.45) is 5.84 Å². The van der Waals surface area contributed by atoms with Crippen LogP contribution >= 0.6 is 0 Å². The molecule has 20 heavy (non-hydrogen) atoms. The van der Waals surface area contributed by atoms with Gasteiger partial charge >= 0.3 is 0 Å². The number of benzene rings is 2. The highest BCUT2D eigenvalue weighted by Gasteiger charge is 2.36. The van der Waals surface area contributed by atoms with Crippen LogP contribution in [0.1, 0.15) is 34.1 Å². The number of carbonyl (C=O) groups excluding carboxylic acids is 2. The molecule has 5 nitrogen and oxygen atoms in total. The fourth-order valence-corrected chi connectivity index (χ4v) is 2.42. The van der Waals surface area contributed by atoms with Gasteiger partial charge in [0, 0.05) is 5.39 Å².